The van der Waals surface area contributed by atoms with E-state index in [0.29, 0.717) is 31.3 Å². The van der Waals surface area contributed by atoms with Crippen molar-refractivity contribution < 1.29 is 41.9 Å². The van der Waals surface area contributed by atoms with Crippen LogP contribution in [0.25, 0.3) is 0 Å². The van der Waals surface area contributed by atoms with E-state index < -0.39 is 47.0 Å². The summed E-state index contributed by atoms with van der Waals surface area (Å²) in [5.41, 5.74) is -0.973. The van der Waals surface area contributed by atoms with Crippen molar-refractivity contribution in [3.8, 4) is 0 Å². The quantitative estimate of drug-likeness (QED) is 0.0155. The Balaban J connectivity index is 1.56. The average Bonchev–Trinajstić information content (AvgIpc) is 1.57. The van der Waals surface area contributed by atoms with Crippen molar-refractivity contribution >= 4 is 29.6 Å². The van der Waals surface area contributed by atoms with E-state index >= 15 is 13.2 Å². The Morgan fingerprint density at radius 2 is 1.22 bits per heavy atom. The summed E-state index contributed by atoms with van der Waals surface area (Å²) < 4.78 is 51.8. The summed E-state index contributed by atoms with van der Waals surface area (Å²) in [5.74, 6) is -1.38. The third-order valence-electron chi connectivity index (χ3n) is 20.9. The largest absolute Gasteiger partial charge is 0.431 e. The molecular weight excluding hydrogens is 1130 g/mol. The maximum atomic E-state index is 15.4. The number of alkyl halides is 3. The van der Waals surface area contributed by atoms with Crippen molar-refractivity contribution in [3.63, 3.8) is 0 Å². The minimum atomic E-state index is -4.76. The highest BCUT2D eigenvalue weighted by molar-refractivity contribution is 6.12. The summed E-state index contributed by atoms with van der Waals surface area (Å²) in [6.45, 7) is 20.0. The average molecular weight is 1270 g/mol. The van der Waals surface area contributed by atoms with Crippen LogP contribution in [0.4, 0.5) is 13.2 Å². The minimum absolute atomic E-state index is 0.00837. The number of halogens is 3. The van der Waals surface area contributed by atoms with Gasteiger partial charge in [-0.2, -0.15) is 13.2 Å². The zero-order valence-corrected chi connectivity index (χ0v) is 59.3. The number of esters is 1. The van der Waals surface area contributed by atoms with Gasteiger partial charge in [0, 0.05) is 55.1 Å². The number of imide groups is 1. The number of rotatable bonds is 52. The van der Waals surface area contributed by atoms with Crippen LogP contribution in [0, 0.1) is 52.3 Å². The molecule has 9 atom stereocenters. The van der Waals surface area contributed by atoms with Gasteiger partial charge in [0.15, 0.2) is 0 Å². The van der Waals surface area contributed by atoms with Crippen LogP contribution in [0.5, 0.6) is 0 Å². The number of unbranched alkanes of at least 4 members (excludes halogenated alkanes) is 19. The highest BCUT2D eigenvalue weighted by atomic mass is 19.4. The molecule has 90 heavy (non-hydrogen) atoms. The first-order chi connectivity index (χ1) is 43.1. The van der Waals surface area contributed by atoms with Gasteiger partial charge in [0.05, 0.1) is 0 Å². The summed E-state index contributed by atoms with van der Waals surface area (Å²) in [5, 5.41) is 6.08. The maximum absolute atomic E-state index is 15.4. The number of nitrogens with zero attached hydrogens (tertiary/aromatic N) is 2. The number of hydrogen-bond donors (Lipinski definition) is 2. The van der Waals surface area contributed by atoms with Gasteiger partial charge >= 0.3 is 12.1 Å². The molecule has 0 aromatic carbocycles. The number of carbonyl (C=O) groups is 5. The van der Waals surface area contributed by atoms with E-state index in [2.05, 4.69) is 64.2 Å². The standard InChI is InChI=1S/C77H133F3N4O6/c1-12-17-19-21-26-33-44-65-63(41-31-20-18-13-2)48-49-64(66(65)45-34-27-22-23-29-37-57-83(10)11)42-32-25-24-28-36-54-75(8,9)68(16-5)82-69(85)46-39-43-62(15-4)74(89)81-56-53-67(90-72(88)47-35-30-38-58-84-70(86)50-51-71(84)87)73(77(78,79)80)76(59-61(76)7)55-52-60(6)40-14-3/h43,50-53,55,60-61,63-66,68,73H,12-42,44-49,54,56-59H2,1-11H3,(H,81,89)(H,82,85)/b55-52+,62-43+,67-53+/t60?,61-,63?,64?,65?,66?,68?,73-,76+/m0/s1. The van der Waals surface area contributed by atoms with Gasteiger partial charge in [0.25, 0.3) is 11.8 Å². The smallest absolute Gasteiger partial charge is 0.399 e. The first-order valence-electron chi connectivity index (χ1n) is 37.2. The third kappa shape index (κ3) is 30.6. The predicted molar refractivity (Wildman–Crippen MR) is 367 cm³/mol. The monoisotopic (exact) mass is 1270 g/mol. The van der Waals surface area contributed by atoms with Crippen molar-refractivity contribution in [1.29, 1.82) is 0 Å². The fraction of sp³-hybridized carbons (Fsp3) is 0.831. The first kappa shape index (κ1) is 80.5. The van der Waals surface area contributed by atoms with Gasteiger partial charge in [-0.25, -0.2) is 0 Å². The summed E-state index contributed by atoms with van der Waals surface area (Å²) in [6, 6.07) is 0.00837. The SMILES string of the molecule is CCCCCCCCC1C(CCCCCC)CCC(CCCCCCCC(C)(C)C(CC)NC(=O)CC/C=C(\CC)C(=O)NC/C=C(/OC(=O)CCCCCN2C(=O)C=CC2=O)[C@H](C(F)(F)F)[C@]2(/C=C/C(C)CCC)C[C@@H]2C)C1CCCCCCCCN(C)C. The number of nitrogens with one attached hydrogen (secondary N) is 2. The number of amides is 4. The van der Waals surface area contributed by atoms with Crippen molar-refractivity contribution in [1.82, 2.24) is 20.4 Å². The number of hydrogen-bond acceptors (Lipinski definition) is 7. The molecule has 4 amide bonds. The Kier molecular flexibility index (Phi) is 40.1. The number of carbonyl (C=O) groups excluding carboxylic acids is 5. The Morgan fingerprint density at radius 1 is 0.700 bits per heavy atom. The molecule has 13 heteroatoms. The minimum Gasteiger partial charge on any atom is -0.431 e. The second-order valence-corrected chi connectivity index (χ2v) is 29.1. The van der Waals surface area contributed by atoms with E-state index in [9.17, 15) is 24.0 Å². The molecule has 1 aliphatic heterocycles. The predicted octanol–water partition coefficient (Wildman–Crippen LogP) is 20.3. The molecular formula is C77H133F3N4O6. The Bertz CT molecular complexity index is 2150. The van der Waals surface area contributed by atoms with Crippen LogP contribution in [-0.2, 0) is 28.7 Å². The fourth-order valence-corrected chi connectivity index (χ4v) is 15.2. The Morgan fingerprint density at radius 3 is 1.74 bits per heavy atom. The Labute approximate surface area is 548 Å². The van der Waals surface area contributed by atoms with E-state index in [1.54, 1.807) is 19.1 Å². The molecule has 6 unspecified atom stereocenters. The highest BCUT2D eigenvalue weighted by Gasteiger charge is 2.65. The molecule has 2 N–H and O–H groups in total. The van der Waals surface area contributed by atoms with E-state index in [-0.39, 0.29) is 68.0 Å². The van der Waals surface area contributed by atoms with Crippen LogP contribution in [-0.4, -0.2) is 85.3 Å². The summed E-state index contributed by atoms with van der Waals surface area (Å²) in [4.78, 5) is 67.8. The van der Waals surface area contributed by atoms with E-state index in [0.717, 1.165) is 60.7 Å². The van der Waals surface area contributed by atoms with Crippen molar-refractivity contribution in [2.24, 2.45) is 52.3 Å². The van der Waals surface area contributed by atoms with Gasteiger partial charge in [-0.3, -0.25) is 28.9 Å². The molecule has 1 heterocycles. The van der Waals surface area contributed by atoms with Crippen molar-refractivity contribution in [2.75, 3.05) is 33.7 Å². The summed E-state index contributed by atoms with van der Waals surface area (Å²) >= 11 is 0. The molecule has 0 aromatic heterocycles. The third-order valence-corrected chi connectivity index (χ3v) is 20.9. The molecule has 0 aromatic rings. The van der Waals surface area contributed by atoms with Crippen LogP contribution in [0.3, 0.4) is 0 Å². The zero-order chi connectivity index (χ0) is 66.4. The summed E-state index contributed by atoms with van der Waals surface area (Å²) in [6.07, 6.45) is 46.9. The van der Waals surface area contributed by atoms with E-state index in [1.807, 2.05) is 26.8 Å². The lowest BCUT2D eigenvalue weighted by Gasteiger charge is -2.44. The van der Waals surface area contributed by atoms with Gasteiger partial charge < -0.3 is 20.3 Å². The van der Waals surface area contributed by atoms with Crippen molar-refractivity contribution in [2.45, 2.75) is 325 Å². The zero-order valence-electron chi connectivity index (χ0n) is 59.3. The normalized spacial score (nSPS) is 21.8. The topological polar surface area (TPSA) is 125 Å². The van der Waals surface area contributed by atoms with E-state index in [1.165, 1.54) is 192 Å². The molecule has 3 aliphatic rings. The number of allylic oxidation sites excluding steroid dienone is 4. The maximum Gasteiger partial charge on any atom is 0.399 e. The van der Waals surface area contributed by atoms with Gasteiger partial charge in [0.2, 0.25) is 11.8 Å². The lowest BCUT2D eigenvalue weighted by atomic mass is 9.61. The van der Waals surface area contributed by atoms with Gasteiger partial charge in [-0.1, -0.05) is 235 Å². The number of ether oxygens (including phenoxy) is 1. The van der Waals surface area contributed by atoms with Crippen LogP contribution >= 0.6 is 0 Å². The summed E-state index contributed by atoms with van der Waals surface area (Å²) in [7, 11) is 4.37. The molecule has 518 valence electrons. The molecule has 0 bridgehead atoms. The second-order valence-electron chi connectivity index (χ2n) is 29.1. The highest BCUT2D eigenvalue weighted by Crippen LogP contribution is 2.65. The molecule has 2 aliphatic carbocycles. The van der Waals surface area contributed by atoms with Crippen LogP contribution in [0.2, 0.25) is 0 Å². The lowest BCUT2D eigenvalue weighted by Crippen LogP contribution is -2.44. The van der Waals surface area contributed by atoms with Gasteiger partial charge in [-0.15, -0.1) is 0 Å². The second kappa shape index (κ2) is 44.8. The molecule has 2 fully saturated rings. The molecule has 0 saturated heterocycles. The lowest BCUT2D eigenvalue weighted by molar-refractivity contribution is -0.190. The molecule has 10 nitrogen and oxygen atoms in total. The first-order valence-corrected chi connectivity index (χ1v) is 37.2. The molecule has 3 rings (SSSR count). The molecule has 2 saturated carbocycles. The van der Waals surface area contributed by atoms with Gasteiger partial charge in [-0.05, 0) is 151 Å². The van der Waals surface area contributed by atoms with Gasteiger partial charge in [0.1, 0.15) is 11.7 Å². The van der Waals surface area contributed by atoms with Crippen molar-refractivity contribution in [3.05, 3.63) is 47.8 Å². The van der Waals surface area contributed by atoms with Crippen LogP contribution in [0.1, 0.15) is 313 Å². The molecule has 0 radical (unpaired) electrons. The fourth-order valence-electron chi connectivity index (χ4n) is 15.2. The van der Waals surface area contributed by atoms with Crippen LogP contribution < -0.4 is 10.6 Å². The van der Waals surface area contributed by atoms with Crippen LogP contribution in [0.15, 0.2) is 47.8 Å². The molecule has 0 spiro atoms. The Hall–Kier alpha value is -3.74. The van der Waals surface area contributed by atoms with E-state index in [4.69, 9.17) is 4.74 Å².